The minimum absolute atomic E-state index is 0.0766. The lowest BCUT2D eigenvalue weighted by Crippen LogP contribution is -2.50. The minimum Gasteiger partial charge on any atom is -0.396 e. The van der Waals surface area contributed by atoms with Crippen molar-refractivity contribution in [3.05, 3.63) is 35.4 Å². The molecule has 2 rings (SSSR count). The zero-order valence-electron chi connectivity index (χ0n) is 12.7. The van der Waals surface area contributed by atoms with Crippen molar-refractivity contribution in [2.45, 2.75) is 31.2 Å². The average molecular weight is 313 g/mol. The molecule has 1 saturated carbocycles. The number of carbonyl (C=O) groups excluding carboxylic acids is 1. The highest BCUT2D eigenvalue weighted by molar-refractivity contribution is 5.83. The first-order valence-electron chi connectivity index (χ1n) is 7.27. The summed E-state index contributed by atoms with van der Waals surface area (Å²) in [5, 5.41) is 11.9. The molecule has 22 heavy (non-hydrogen) atoms. The second kappa shape index (κ2) is 6.71. The fourth-order valence-electron chi connectivity index (χ4n) is 2.76. The number of carbonyl (C=O) groups is 1. The summed E-state index contributed by atoms with van der Waals surface area (Å²) in [4.78, 5) is 12.3. The molecule has 122 valence electrons. The van der Waals surface area contributed by atoms with Crippen LogP contribution >= 0.6 is 0 Å². The van der Waals surface area contributed by atoms with E-state index in [2.05, 4.69) is 5.32 Å². The number of halogens is 2. The molecule has 6 heteroatoms. The van der Waals surface area contributed by atoms with Gasteiger partial charge in [-0.2, -0.15) is 0 Å². The van der Waals surface area contributed by atoms with E-state index in [1.54, 1.807) is 6.92 Å². The molecule has 2 N–H and O–H groups in total. The molecule has 1 aliphatic rings. The van der Waals surface area contributed by atoms with Gasteiger partial charge in [0.05, 0.1) is 12.1 Å². The molecule has 3 unspecified atom stereocenters. The zero-order valence-corrected chi connectivity index (χ0v) is 12.7. The highest BCUT2D eigenvalue weighted by Crippen LogP contribution is 2.48. The summed E-state index contributed by atoms with van der Waals surface area (Å²) in [6, 6.07) is 4.02. The molecule has 1 aromatic rings. The first-order valence-corrected chi connectivity index (χ1v) is 7.27. The Balaban J connectivity index is 2.02. The molecule has 4 nitrogen and oxygen atoms in total. The summed E-state index contributed by atoms with van der Waals surface area (Å²) in [6.07, 6.45) is 0.854. The molecule has 1 aliphatic carbocycles. The van der Waals surface area contributed by atoms with Crippen molar-refractivity contribution in [1.29, 1.82) is 0 Å². The Hall–Kier alpha value is -1.53. The summed E-state index contributed by atoms with van der Waals surface area (Å²) >= 11 is 0. The Labute approximate surface area is 128 Å². The number of hydrogen-bond acceptors (Lipinski definition) is 3. The lowest BCUT2D eigenvalue weighted by molar-refractivity contribution is -0.125. The molecule has 1 fully saturated rings. The van der Waals surface area contributed by atoms with Crippen LogP contribution in [0.3, 0.4) is 0 Å². The molecule has 0 heterocycles. The second-order valence-electron chi connectivity index (χ2n) is 6.05. The first kappa shape index (κ1) is 16.8. The van der Waals surface area contributed by atoms with E-state index in [9.17, 15) is 13.6 Å². The fraction of sp³-hybridized carbons (Fsp3) is 0.562. The summed E-state index contributed by atoms with van der Waals surface area (Å²) < 4.78 is 32.1. The van der Waals surface area contributed by atoms with Crippen molar-refractivity contribution < 1.29 is 23.4 Å². The third kappa shape index (κ3) is 3.62. The van der Waals surface area contributed by atoms with E-state index >= 15 is 0 Å². The molecular weight excluding hydrogens is 292 g/mol. The van der Waals surface area contributed by atoms with Crippen LogP contribution in [0, 0.1) is 17.6 Å². The topological polar surface area (TPSA) is 58.6 Å². The maximum absolute atomic E-state index is 13.7. The lowest BCUT2D eigenvalue weighted by Gasteiger charge is -2.29. The van der Waals surface area contributed by atoms with Crippen LogP contribution in [0.1, 0.15) is 31.2 Å². The minimum atomic E-state index is -0.895. The van der Waals surface area contributed by atoms with E-state index in [0.29, 0.717) is 12.8 Å². The van der Waals surface area contributed by atoms with Crippen molar-refractivity contribution in [1.82, 2.24) is 5.32 Å². The van der Waals surface area contributed by atoms with Gasteiger partial charge in [0.2, 0.25) is 5.91 Å². The lowest BCUT2D eigenvalue weighted by atomic mass is 9.98. The number of aliphatic hydroxyl groups is 1. The third-order valence-corrected chi connectivity index (χ3v) is 4.06. The monoisotopic (exact) mass is 313 g/mol. The van der Waals surface area contributed by atoms with Gasteiger partial charge in [0.15, 0.2) is 11.6 Å². The van der Waals surface area contributed by atoms with Crippen LogP contribution in [0.4, 0.5) is 8.78 Å². The molecule has 0 aromatic heterocycles. The van der Waals surface area contributed by atoms with E-state index in [-0.39, 0.29) is 36.5 Å². The van der Waals surface area contributed by atoms with Crippen molar-refractivity contribution >= 4 is 5.91 Å². The van der Waals surface area contributed by atoms with Gasteiger partial charge in [0, 0.05) is 19.6 Å². The third-order valence-electron chi connectivity index (χ3n) is 4.06. The van der Waals surface area contributed by atoms with Gasteiger partial charge in [0.1, 0.15) is 0 Å². The van der Waals surface area contributed by atoms with Gasteiger partial charge < -0.3 is 15.2 Å². The van der Waals surface area contributed by atoms with Crippen molar-refractivity contribution in [2.24, 2.45) is 5.92 Å². The molecule has 1 amide bonds. The van der Waals surface area contributed by atoms with Crippen LogP contribution in [0.15, 0.2) is 18.2 Å². The maximum Gasteiger partial charge on any atom is 0.224 e. The van der Waals surface area contributed by atoms with Crippen molar-refractivity contribution in [3.8, 4) is 0 Å². The van der Waals surface area contributed by atoms with E-state index in [4.69, 9.17) is 9.84 Å². The van der Waals surface area contributed by atoms with E-state index in [0.717, 1.165) is 6.07 Å². The van der Waals surface area contributed by atoms with Gasteiger partial charge in [0.25, 0.3) is 0 Å². The quantitative estimate of drug-likeness (QED) is 0.809. The highest BCUT2D eigenvalue weighted by Gasteiger charge is 2.47. The standard InChI is InChI=1S/C16H21F2NO3/c1-16(6-7-20,9-22-2)19-15(21)12-8-11(12)10-4-3-5-13(17)14(10)18/h3-5,11-12,20H,6-9H2,1-2H3,(H,19,21). The number of hydrogen-bond donors (Lipinski definition) is 2. The summed E-state index contributed by atoms with van der Waals surface area (Å²) in [5.74, 6) is -2.66. The molecule has 0 aliphatic heterocycles. The van der Waals surface area contributed by atoms with E-state index in [1.165, 1.54) is 19.2 Å². The second-order valence-corrected chi connectivity index (χ2v) is 6.05. The average Bonchev–Trinajstić information content (AvgIpc) is 3.22. The van der Waals surface area contributed by atoms with Crippen molar-refractivity contribution in [3.63, 3.8) is 0 Å². The Bertz CT molecular complexity index is 544. The van der Waals surface area contributed by atoms with E-state index in [1.807, 2.05) is 0 Å². The van der Waals surface area contributed by atoms with Crippen LogP contribution in [-0.2, 0) is 9.53 Å². The predicted molar refractivity (Wildman–Crippen MR) is 77.3 cm³/mol. The van der Waals surface area contributed by atoms with Crippen LogP contribution < -0.4 is 5.32 Å². The number of benzene rings is 1. The maximum atomic E-state index is 13.7. The number of ether oxygens (including phenoxy) is 1. The number of rotatable bonds is 7. The van der Waals surface area contributed by atoms with Gasteiger partial charge in [-0.1, -0.05) is 12.1 Å². The van der Waals surface area contributed by atoms with Crippen LogP contribution in [0.2, 0.25) is 0 Å². The van der Waals surface area contributed by atoms with Gasteiger partial charge in [-0.25, -0.2) is 8.78 Å². The van der Waals surface area contributed by atoms with Crippen LogP contribution in [0.25, 0.3) is 0 Å². The number of methoxy groups -OCH3 is 1. The van der Waals surface area contributed by atoms with Gasteiger partial charge in [-0.05, 0) is 37.3 Å². The van der Waals surface area contributed by atoms with Crippen molar-refractivity contribution in [2.75, 3.05) is 20.3 Å². The summed E-state index contributed by atoms with van der Waals surface area (Å²) in [6.45, 7) is 1.97. The highest BCUT2D eigenvalue weighted by atomic mass is 19.2. The molecular formula is C16H21F2NO3. The van der Waals surface area contributed by atoms with Crippen LogP contribution in [-0.4, -0.2) is 36.9 Å². The number of nitrogens with one attached hydrogen (secondary N) is 1. The molecule has 0 bridgehead atoms. The molecule has 1 aromatic carbocycles. The van der Waals surface area contributed by atoms with Crippen LogP contribution in [0.5, 0.6) is 0 Å². The molecule has 0 spiro atoms. The van der Waals surface area contributed by atoms with E-state index < -0.39 is 17.2 Å². The molecule has 3 atom stereocenters. The summed E-state index contributed by atoms with van der Waals surface area (Å²) in [7, 11) is 1.52. The molecule has 0 saturated heterocycles. The Morgan fingerprint density at radius 1 is 1.50 bits per heavy atom. The Kier molecular flexibility index (Phi) is 5.13. The van der Waals surface area contributed by atoms with Gasteiger partial charge in [-0.15, -0.1) is 0 Å². The first-order chi connectivity index (χ1) is 10.4. The van der Waals surface area contributed by atoms with Gasteiger partial charge >= 0.3 is 0 Å². The van der Waals surface area contributed by atoms with Gasteiger partial charge in [-0.3, -0.25) is 4.79 Å². The predicted octanol–water partition coefficient (Wildman–Crippen LogP) is 1.97. The number of amides is 1. The zero-order chi connectivity index (χ0) is 16.3. The fourth-order valence-corrected chi connectivity index (χ4v) is 2.76. The number of aliphatic hydroxyl groups excluding tert-OH is 1. The normalized spacial score (nSPS) is 23.0. The SMILES string of the molecule is COCC(C)(CCO)NC(=O)C1CC1c1cccc(F)c1F. The smallest absolute Gasteiger partial charge is 0.224 e. The summed E-state index contributed by atoms with van der Waals surface area (Å²) in [5.41, 5.74) is -0.426. The Morgan fingerprint density at radius 3 is 2.86 bits per heavy atom. The Morgan fingerprint density at radius 2 is 2.23 bits per heavy atom. The molecule has 0 radical (unpaired) electrons. The largest absolute Gasteiger partial charge is 0.396 e.